The second-order valence-corrected chi connectivity index (χ2v) is 9.34. The average Bonchev–Trinajstić information content (AvgIpc) is 2.66. The van der Waals surface area contributed by atoms with Gasteiger partial charge in [0.1, 0.15) is 6.04 Å². The van der Waals surface area contributed by atoms with E-state index in [2.05, 4.69) is 11.4 Å². The van der Waals surface area contributed by atoms with Gasteiger partial charge in [0.25, 0.3) is 0 Å². The van der Waals surface area contributed by atoms with Gasteiger partial charge >= 0.3 is 0 Å². The third kappa shape index (κ3) is 7.55. The van der Waals surface area contributed by atoms with Gasteiger partial charge in [-0.3, -0.25) is 9.59 Å². The van der Waals surface area contributed by atoms with Crippen molar-refractivity contribution < 1.29 is 9.59 Å². The molecule has 2 amide bonds. The minimum Gasteiger partial charge on any atom is -0.354 e. The molecular weight excluding hydrogens is 431 g/mol. The van der Waals surface area contributed by atoms with Crippen LogP contribution in [0.4, 0.5) is 0 Å². The molecule has 2 rings (SSSR count). The molecular formula is C25H32Cl2N2O2. The largest absolute Gasteiger partial charge is 0.354 e. The minimum atomic E-state index is -0.580. The van der Waals surface area contributed by atoms with E-state index in [9.17, 15) is 9.59 Å². The molecule has 0 aliphatic carbocycles. The van der Waals surface area contributed by atoms with Crippen LogP contribution in [-0.4, -0.2) is 29.3 Å². The van der Waals surface area contributed by atoms with Gasteiger partial charge in [-0.1, -0.05) is 79.4 Å². The number of hydrogen-bond acceptors (Lipinski definition) is 2. The van der Waals surface area contributed by atoms with Crippen LogP contribution in [0.2, 0.25) is 10.0 Å². The van der Waals surface area contributed by atoms with Crippen molar-refractivity contribution in [2.24, 2.45) is 5.92 Å². The summed E-state index contributed by atoms with van der Waals surface area (Å²) >= 11 is 12.4. The van der Waals surface area contributed by atoms with Crippen LogP contribution >= 0.6 is 23.2 Å². The molecule has 4 nitrogen and oxygen atoms in total. The number of benzene rings is 2. The topological polar surface area (TPSA) is 49.4 Å². The first-order valence-electron chi connectivity index (χ1n) is 10.7. The van der Waals surface area contributed by atoms with E-state index in [4.69, 9.17) is 23.2 Å². The highest BCUT2D eigenvalue weighted by atomic mass is 35.5. The van der Waals surface area contributed by atoms with Gasteiger partial charge in [0, 0.05) is 23.1 Å². The Morgan fingerprint density at radius 2 is 1.68 bits per heavy atom. The highest BCUT2D eigenvalue weighted by Crippen LogP contribution is 2.24. The van der Waals surface area contributed by atoms with Crippen molar-refractivity contribution in [3.8, 4) is 0 Å². The normalized spacial score (nSPS) is 12.0. The zero-order chi connectivity index (χ0) is 23.1. The number of carbonyl (C=O) groups excluding carboxylic acids is 2. The Bertz CT molecular complexity index is 907. The third-order valence-corrected chi connectivity index (χ3v) is 5.65. The van der Waals surface area contributed by atoms with Gasteiger partial charge in [0.2, 0.25) is 11.8 Å². The van der Waals surface area contributed by atoms with E-state index in [1.165, 1.54) is 0 Å². The maximum absolute atomic E-state index is 13.4. The van der Waals surface area contributed by atoms with Gasteiger partial charge in [-0.2, -0.15) is 0 Å². The summed E-state index contributed by atoms with van der Waals surface area (Å²) in [5, 5.41) is 3.98. The second kappa shape index (κ2) is 11.5. The lowest BCUT2D eigenvalue weighted by Gasteiger charge is -2.31. The zero-order valence-electron chi connectivity index (χ0n) is 19.0. The third-order valence-electron chi connectivity index (χ3n) is 5.06. The molecule has 31 heavy (non-hydrogen) atoms. The van der Waals surface area contributed by atoms with Gasteiger partial charge in [-0.15, -0.1) is 0 Å². The molecule has 6 heteroatoms. The number of halogens is 2. The van der Waals surface area contributed by atoms with Crippen molar-refractivity contribution in [2.75, 3.05) is 6.54 Å². The van der Waals surface area contributed by atoms with Crippen molar-refractivity contribution in [1.29, 1.82) is 0 Å². The molecule has 168 valence electrons. The van der Waals surface area contributed by atoms with E-state index < -0.39 is 6.04 Å². The molecule has 0 fully saturated rings. The Morgan fingerprint density at radius 3 is 2.23 bits per heavy atom. The Morgan fingerprint density at radius 1 is 1.03 bits per heavy atom. The van der Waals surface area contributed by atoms with Crippen LogP contribution in [0.15, 0.2) is 36.4 Å². The van der Waals surface area contributed by atoms with Crippen LogP contribution < -0.4 is 5.32 Å². The first kappa shape index (κ1) is 25.2. The summed E-state index contributed by atoms with van der Waals surface area (Å²) in [4.78, 5) is 28.0. The number of amides is 2. The first-order valence-corrected chi connectivity index (χ1v) is 11.4. The predicted molar refractivity (Wildman–Crippen MR) is 129 cm³/mol. The fraction of sp³-hybridized carbons (Fsp3) is 0.440. The molecule has 0 saturated heterocycles. The minimum absolute atomic E-state index is 0.109. The quantitative estimate of drug-likeness (QED) is 0.516. The Labute approximate surface area is 195 Å². The molecule has 2 aromatic carbocycles. The molecule has 0 bridgehead atoms. The standard InChI is InChI=1S/C25H32Cl2N2O2/c1-6-23(25(31)28-14-16(2)3)29(15-20-7-8-21(26)13-22(20)27)24(30)12-19-10-17(4)9-18(5)11-19/h7-11,13,16,23H,6,12,14-15H2,1-5H3,(H,28,31)/t23-/m1/s1. The van der Waals surface area contributed by atoms with Crippen molar-refractivity contribution in [3.63, 3.8) is 0 Å². The Balaban J connectivity index is 2.34. The molecule has 0 saturated carbocycles. The smallest absolute Gasteiger partial charge is 0.242 e. The molecule has 1 N–H and O–H groups in total. The number of hydrogen-bond donors (Lipinski definition) is 1. The van der Waals surface area contributed by atoms with Gasteiger partial charge in [0.05, 0.1) is 6.42 Å². The lowest BCUT2D eigenvalue weighted by molar-refractivity contribution is -0.141. The molecule has 0 radical (unpaired) electrons. The van der Waals surface area contributed by atoms with Crippen LogP contribution in [-0.2, 0) is 22.6 Å². The lowest BCUT2D eigenvalue weighted by atomic mass is 10.0. The summed E-state index contributed by atoms with van der Waals surface area (Å²) in [5.74, 6) is 0.0733. The van der Waals surface area contributed by atoms with Gasteiger partial charge in [0.15, 0.2) is 0 Å². The number of aryl methyl sites for hydroxylation is 2. The summed E-state index contributed by atoms with van der Waals surface area (Å²) in [6, 6.07) is 10.7. The van der Waals surface area contributed by atoms with Crippen LogP contribution in [0.1, 0.15) is 49.4 Å². The maximum atomic E-state index is 13.4. The highest BCUT2D eigenvalue weighted by Gasteiger charge is 2.29. The number of carbonyl (C=O) groups is 2. The summed E-state index contributed by atoms with van der Waals surface area (Å²) in [6.45, 7) is 10.8. The fourth-order valence-electron chi connectivity index (χ4n) is 3.62. The van der Waals surface area contributed by atoms with Crippen LogP contribution in [0.5, 0.6) is 0 Å². The molecule has 0 heterocycles. The van der Waals surface area contributed by atoms with E-state index >= 15 is 0 Å². The molecule has 0 spiro atoms. The van der Waals surface area contributed by atoms with Crippen LogP contribution in [0.25, 0.3) is 0 Å². The van der Waals surface area contributed by atoms with E-state index in [0.29, 0.717) is 28.9 Å². The maximum Gasteiger partial charge on any atom is 0.242 e. The second-order valence-electron chi connectivity index (χ2n) is 8.49. The number of rotatable bonds is 9. The molecule has 1 atom stereocenters. The van der Waals surface area contributed by atoms with Gasteiger partial charge in [-0.25, -0.2) is 0 Å². The summed E-state index contributed by atoms with van der Waals surface area (Å²) in [6.07, 6.45) is 0.732. The SMILES string of the molecule is CC[C@H](C(=O)NCC(C)C)N(Cc1ccc(Cl)cc1Cl)C(=O)Cc1cc(C)cc(C)c1. The van der Waals surface area contributed by atoms with Gasteiger partial charge < -0.3 is 10.2 Å². The van der Waals surface area contributed by atoms with E-state index in [1.807, 2.05) is 46.8 Å². The highest BCUT2D eigenvalue weighted by molar-refractivity contribution is 6.35. The monoisotopic (exact) mass is 462 g/mol. The number of nitrogens with one attached hydrogen (secondary N) is 1. The first-order chi connectivity index (χ1) is 14.6. The van der Waals surface area contributed by atoms with Crippen molar-refractivity contribution in [1.82, 2.24) is 10.2 Å². The van der Waals surface area contributed by atoms with E-state index in [-0.39, 0.29) is 24.8 Å². The van der Waals surface area contributed by atoms with Crippen molar-refractivity contribution in [3.05, 3.63) is 68.7 Å². The molecule has 0 unspecified atom stereocenters. The average molecular weight is 463 g/mol. The molecule has 0 aromatic heterocycles. The van der Waals surface area contributed by atoms with Crippen LogP contribution in [0.3, 0.4) is 0 Å². The van der Waals surface area contributed by atoms with E-state index in [0.717, 1.165) is 22.3 Å². The lowest BCUT2D eigenvalue weighted by Crippen LogP contribution is -2.50. The van der Waals surface area contributed by atoms with Crippen molar-refractivity contribution in [2.45, 2.75) is 60.0 Å². The summed E-state index contributed by atoms with van der Waals surface area (Å²) < 4.78 is 0. The molecule has 0 aliphatic heterocycles. The molecule has 0 aliphatic rings. The Kier molecular flexibility index (Phi) is 9.39. The zero-order valence-corrected chi connectivity index (χ0v) is 20.5. The molecule has 2 aromatic rings. The van der Waals surface area contributed by atoms with Crippen LogP contribution in [0, 0.1) is 19.8 Å². The van der Waals surface area contributed by atoms with E-state index in [1.54, 1.807) is 23.1 Å². The number of nitrogens with zero attached hydrogens (tertiary/aromatic N) is 1. The fourth-order valence-corrected chi connectivity index (χ4v) is 4.09. The summed E-state index contributed by atoms with van der Waals surface area (Å²) in [7, 11) is 0. The predicted octanol–water partition coefficient (Wildman–Crippen LogP) is 5.73. The van der Waals surface area contributed by atoms with Gasteiger partial charge in [-0.05, 0) is 49.4 Å². The summed E-state index contributed by atoms with van der Waals surface area (Å²) in [5.41, 5.74) is 3.91. The Hall–Kier alpha value is -2.04. The van der Waals surface area contributed by atoms with Crippen molar-refractivity contribution >= 4 is 35.0 Å².